The molecule has 0 radical (unpaired) electrons. The standard InChI is InChI=1S/C19H19N3O2/c1-12-6-4-5-7-15(12)11-20-18(23)14-8-9-17-16(10-14)21-13(2)19(24)22(17)3/h4-10H,11H2,1-3H3,(H,20,23). The lowest BCUT2D eigenvalue weighted by Crippen LogP contribution is -2.24. The van der Waals surface area contributed by atoms with Crippen LogP contribution in [-0.2, 0) is 13.6 Å². The number of rotatable bonds is 3. The number of amides is 1. The summed E-state index contributed by atoms with van der Waals surface area (Å²) < 4.78 is 1.55. The highest BCUT2D eigenvalue weighted by atomic mass is 16.1. The molecule has 1 N–H and O–H groups in total. The Morgan fingerprint density at radius 1 is 1.17 bits per heavy atom. The molecule has 5 nitrogen and oxygen atoms in total. The minimum Gasteiger partial charge on any atom is -0.348 e. The van der Waals surface area contributed by atoms with E-state index in [0.29, 0.717) is 28.8 Å². The van der Waals surface area contributed by atoms with Crippen LogP contribution in [0.4, 0.5) is 0 Å². The summed E-state index contributed by atoms with van der Waals surface area (Å²) in [6, 6.07) is 13.1. The van der Waals surface area contributed by atoms with Crippen molar-refractivity contribution < 1.29 is 4.79 Å². The number of hydrogen-bond acceptors (Lipinski definition) is 3. The molecule has 0 unspecified atom stereocenters. The Labute approximate surface area is 140 Å². The van der Waals surface area contributed by atoms with E-state index in [-0.39, 0.29) is 11.5 Å². The topological polar surface area (TPSA) is 64.0 Å². The molecule has 0 spiro atoms. The summed E-state index contributed by atoms with van der Waals surface area (Å²) in [4.78, 5) is 28.6. The first-order valence-electron chi connectivity index (χ1n) is 7.77. The first kappa shape index (κ1) is 15.9. The third-order valence-electron chi connectivity index (χ3n) is 4.20. The molecular weight excluding hydrogens is 302 g/mol. The minimum absolute atomic E-state index is 0.126. The molecule has 122 valence electrons. The van der Waals surface area contributed by atoms with Crippen LogP contribution in [0.1, 0.15) is 27.2 Å². The molecule has 0 aliphatic carbocycles. The van der Waals surface area contributed by atoms with Gasteiger partial charge in [-0.25, -0.2) is 4.98 Å². The number of hydrogen-bond donors (Lipinski definition) is 1. The van der Waals surface area contributed by atoms with E-state index in [0.717, 1.165) is 11.1 Å². The molecule has 3 rings (SSSR count). The number of fused-ring (bicyclic) bond motifs is 1. The van der Waals surface area contributed by atoms with Crippen LogP contribution in [-0.4, -0.2) is 15.5 Å². The van der Waals surface area contributed by atoms with Crippen molar-refractivity contribution in [2.45, 2.75) is 20.4 Å². The van der Waals surface area contributed by atoms with Crippen LogP contribution < -0.4 is 10.9 Å². The number of carbonyl (C=O) groups is 1. The van der Waals surface area contributed by atoms with Gasteiger partial charge in [-0.3, -0.25) is 9.59 Å². The van der Waals surface area contributed by atoms with Gasteiger partial charge in [-0.15, -0.1) is 0 Å². The van der Waals surface area contributed by atoms with Crippen molar-refractivity contribution in [1.29, 1.82) is 0 Å². The molecular formula is C19H19N3O2. The van der Waals surface area contributed by atoms with Crippen LogP contribution in [0.25, 0.3) is 11.0 Å². The van der Waals surface area contributed by atoms with Gasteiger partial charge in [-0.2, -0.15) is 0 Å². The number of aryl methyl sites for hydroxylation is 3. The molecule has 0 aliphatic heterocycles. The van der Waals surface area contributed by atoms with Crippen molar-refractivity contribution in [3.05, 3.63) is 75.2 Å². The maximum Gasteiger partial charge on any atom is 0.272 e. The molecule has 1 aromatic heterocycles. The van der Waals surface area contributed by atoms with E-state index in [1.165, 1.54) is 0 Å². The van der Waals surface area contributed by atoms with Gasteiger partial charge >= 0.3 is 0 Å². The minimum atomic E-state index is -0.159. The SMILES string of the molecule is Cc1ccccc1CNC(=O)c1ccc2c(c1)nc(C)c(=O)n2C. The molecule has 0 saturated heterocycles. The Hall–Kier alpha value is -2.95. The number of nitrogens with one attached hydrogen (secondary N) is 1. The molecule has 5 heteroatoms. The summed E-state index contributed by atoms with van der Waals surface area (Å²) in [5, 5.41) is 2.93. The molecule has 0 bridgehead atoms. The zero-order valence-corrected chi connectivity index (χ0v) is 14.0. The lowest BCUT2D eigenvalue weighted by Gasteiger charge is -2.10. The van der Waals surface area contributed by atoms with Crippen molar-refractivity contribution in [2.75, 3.05) is 0 Å². The van der Waals surface area contributed by atoms with E-state index in [1.807, 2.05) is 31.2 Å². The van der Waals surface area contributed by atoms with E-state index in [2.05, 4.69) is 10.3 Å². The van der Waals surface area contributed by atoms with Crippen LogP contribution in [0.2, 0.25) is 0 Å². The number of benzene rings is 2. The largest absolute Gasteiger partial charge is 0.348 e. The monoisotopic (exact) mass is 321 g/mol. The Bertz CT molecular complexity index is 990. The molecule has 3 aromatic rings. The highest BCUT2D eigenvalue weighted by Gasteiger charge is 2.10. The van der Waals surface area contributed by atoms with Crippen LogP contribution in [0.15, 0.2) is 47.3 Å². The van der Waals surface area contributed by atoms with Crippen molar-refractivity contribution in [3.63, 3.8) is 0 Å². The number of carbonyl (C=O) groups excluding carboxylic acids is 1. The zero-order valence-electron chi connectivity index (χ0n) is 14.0. The molecule has 0 atom stereocenters. The third kappa shape index (κ3) is 2.93. The molecule has 24 heavy (non-hydrogen) atoms. The first-order valence-corrected chi connectivity index (χ1v) is 7.77. The van der Waals surface area contributed by atoms with Crippen molar-refractivity contribution in [2.24, 2.45) is 7.05 Å². The van der Waals surface area contributed by atoms with Gasteiger partial charge in [0.15, 0.2) is 0 Å². The molecule has 1 amide bonds. The maximum atomic E-state index is 12.4. The average molecular weight is 321 g/mol. The van der Waals surface area contributed by atoms with Gasteiger partial charge in [0.05, 0.1) is 11.0 Å². The summed E-state index contributed by atoms with van der Waals surface area (Å²) in [6.07, 6.45) is 0. The lowest BCUT2D eigenvalue weighted by atomic mass is 10.1. The zero-order chi connectivity index (χ0) is 17.3. The van der Waals surface area contributed by atoms with E-state index < -0.39 is 0 Å². The quantitative estimate of drug-likeness (QED) is 0.806. The second-order valence-corrected chi connectivity index (χ2v) is 5.87. The van der Waals surface area contributed by atoms with Crippen LogP contribution in [0.3, 0.4) is 0 Å². The molecule has 2 aromatic carbocycles. The molecule has 1 heterocycles. The summed E-state index contributed by atoms with van der Waals surface area (Å²) in [7, 11) is 1.71. The van der Waals surface area contributed by atoms with Crippen LogP contribution >= 0.6 is 0 Å². The van der Waals surface area contributed by atoms with Gasteiger partial charge in [-0.05, 0) is 43.2 Å². The predicted octanol–water partition coefficient (Wildman–Crippen LogP) is 2.48. The van der Waals surface area contributed by atoms with Crippen molar-refractivity contribution in [3.8, 4) is 0 Å². The van der Waals surface area contributed by atoms with Gasteiger partial charge in [0.1, 0.15) is 5.69 Å². The number of nitrogens with zero attached hydrogens (tertiary/aromatic N) is 2. The van der Waals surface area contributed by atoms with E-state index in [9.17, 15) is 9.59 Å². The summed E-state index contributed by atoms with van der Waals surface area (Å²) in [5.41, 5.74) is 4.40. The smallest absolute Gasteiger partial charge is 0.272 e. The van der Waals surface area contributed by atoms with Gasteiger partial charge in [0, 0.05) is 19.2 Å². The second-order valence-electron chi connectivity index (χ2n) is 5.87. The Balaban J connectivity index is 1.87. The molecule has 0 aliphatic rings. The predicted molar refractivity (Wildman–Crippen MR) is 94.1 cm³/mol. The third-order valence-corrected chi connectivity index (χ3v) is 4.20. The maximum absolute atomic E-state index is 12.4. The van der Waals surface area contributed by atoms with Gasteiger partial charge in [0.25, 0.3) is 11.5 Å². The second kappa shape index (κ2) is 6.28. The molecule has 0 saturated carbocycles. The van der Waals surface area contributed by atoms with E-state index >= 15 is 0 Å². The first-order chi connectivity index (χ1) is 11.5. The normalized spacial score (nSPS) is 10.8. The summed E-state index contributed by atoms with van der Waals surface area (Å²) in [6.45, 7) is 4.17. The Morgan fingerprint density at radius 2 is 1.92 bits per heavy atom. The Kier molecular flexibility index (Phi) is 4.16. The fourth-order valence-corrected chi connectivity index (χ4v) is 2.70. The number of aromatic nitrogens is 2. The van der Waals surface area contributed by atoms with Crippen molar-refractivity contribution >= 4 is 16.9 Å². The van der Waals surface area contributed by atoms with Crippen LogP contribution in [0, 0.1) is 13.8 Å². The fourth-order valence-electron chi connectivity index (χ4n) is 2.70. The van der Waals surface area contributed by atoms with Crippen LogP contribution in [0.5, 0.6) is 0 Å². The molecule has 0 fully saturated rings. The highest BCUT2D eigenvalue weighted by molar-refractivity contribution is 5.97. The van der Waals surface area contributed by atoms with Gasteiger partial charge < -0.3 is 9.88 Å². The summed E-state index contributed by atoms with van der Waals surface area (Å²) >= 11 is 0. The average Bonchev–Trinajstić information content (AvgIpc) is 2.58. The lowest BCUT2D eigenvalue weighted by molar-refractivity contribution is 0.0951. The van der Waals surface area contributed by atoms with E-state index in [4.69, 9.17) is 0 Å². The van der Waals surface area contributed by atoms with Gasteiger partial charge in [-0.1, -0.05) is 24.3 Å². The fraction of sp³-hybridized carbons (Fsp3) is 0.211. The summed E-state index contributed by atoms with van der Waals surface area (Å²) in [5.74, 6) is -0.159. The van der Waals surface area contributed by atoms with Gasteiger partial charge in [0.2, 0.25) is 0 Å². The highest BCUT2D eigenvalue weighted by Crippen LogP contribution is 2.13. The van der Waals surface area contributed by atoms with Crippen molar-refractivity contribution in [1.82, 2.24) is 14.9 Å². The van der Waals surface area contributed by atoms with E-state index in [1.54, 1.807) is 36.7 Å². The Morgan fingerprint density at radius 3 is 2.67 bits per heavy atom.